The molecular formula is C20H26N2O5. The van der Waals surface area contributed by atoms with Gasteiger partial charge in [0.1, 0.15) is 11.4 Å². The Hall–Kier alpha value is -2.54. The second-order valence-electron chi connectivity index (χ2n) is 7.56. The number of hydrogen-bond donors (Lipinski definition) is 0. The van der Waals surface area contributed by atoms with Crippen molar-refractivity contribution in [2.24, 2.45) is 0 Å². The predicted octanol–water partition coefficient (Wildman–Crippen LogP) is 2.83. The minimum absolute atomic E-state index is 0.0179. The summed E-state index contributed by atoms with van der Waals surface area (Å²) in [5.41, 5.74) is 0.852. The largest absolute Gasteiger partial charge is 0.497 e. The maximum Gasteiger partial charge on any atom is 0.419 e. The first kappa shape index (κ1) is 19.2. The minimum Gasteiger partial charge on any atom is -0.497 e. The Morgan fingerprint density at radius 3 is 2.52 bits per heavy atom. The van der Waals surface area contributed by atoms with Crippen LogP contribution >= 0.6 is 0 Å². The van der Waals surface area contributed by atoms with Crippen LogP contribution in [-0.2, 0) is 20.7 Å². The molecule has 7 nitrogen and oxygen atoms in total. The minimum atomic E-state index is -0.607. The lowest BCUT2D eigenvalue weighted by Crippen LogP contribution is -2.41. The van der Waals surface area contributed by atoms with Crippen molar-refractivity contribution in [1.29, 1.82) is 0 Å². The Bertz CT molecular complexity index is 844. The Kier molecular flexibility index (Phi) is 5.41. The molecule has 0 bridgehead atoms. The zero-order chi connectivity index (χ0) is 19.6. The first-order valence-corrected chi connectivity index (χ1v) is 9.05. The molecule has 0 unspecified atom stereocenters. The number of benzene rings is 1. The number of carbonyl (C=O) groups is 2. The fraction of sp³-hybridized carbons (Fsp3) is 0.500. The van der Waals surface area contributed by atoms with Gasteiger partial charge < -0.3 is 19.1 Å². The molecule has 146 valence electrons. The third-order valence-electron chi connectivity index (χ3n) is 4.39. The molecule has 0 N–H and O–H groups in total. The molecule has 1 aliphatic heterocycles. The van der Waals surface area contributed by atoms with Crippen molar-refractivity contribution in [3.05, 3.63) is 30.0 Å². The van der Waals surface area contributed by atoms with Crippen molar-refractivity contribution in [3.63, 3.8) is 0 Å². The van der Waals surface area contributed by atoms with Crippen molar-refractivity contribution in [3.8, 4) is 5.75 Å². The van der Waals surface area contributed by atoms with Gasteiger partial charge in [0.2, 0.25) is 5.91 Å². The average Bonchev–Trinajstić information content (AvgIpc) is 2.99. The smallest absolute Gasteiger partial charge is 0.419 e. The van der Waals surface area contributed by atoms with E-state index in [2.05, 4.69) is 0 Å². The maximum atomic E-state index is 12.7. The van der Waals surface area contributed by atoms with Crippen LogP contribution in [-0.4, -0.2) is 60.5 Å². The number of morpholine rings is 1. The zero-order valence-corrected chi connectivity index (χ0v) is 16.3. The lowest BCUT2D eigenvalue weighted by atomic mass is 10.1. The predicted molar refractivity (Wildman–Crippen MR) is 101 cm³/mol. The monoisotopic (exact) mass is 374 g/mol. The SMILES string of the molecule is COc1ccc2c(c1)c(CC(=O)N1CCOCC1)cn2C(=O)OC(C)(C)C. The summed E-state index contributed by atoms with van der Waals surface area (Å²) in [4.78, 5) is 27.1. The summed E-state index contributed by atoms with van der Waals surface area (Å²) in [6, 6.07) is 5.44. The quantitative estimate of drug-likeness (QED) is 0.826. The van der Waals surface area contributed by atoms with E-state index in [0.717, 1.165) is 10.9 Å². The Balaban J connectivity index is 1.95. The van der Waals surface area contributed by atoms with Gasteiger partial charge in [-0.1, -0.05) is 0 Å². The molecule has 27 heavy (non-hydrogen) atoms. The number of methoxy groups -OCH3 is 1. The summed E-state index contributed by atoms with van der Waals surface area (Å²) in [6.45, 7) is 7.76. The fourth-order valence-corrected chi connectivity index (χ4v) is 3.09. The molecule has 7 heteroatoms. The van der Waals surface area contributed by atoms with Crippen molar-refractivity contribution in [2.75, 3.05) is 33.4 Å². The van der Waals surface area contributed by atoms with E-state index in [0.29, 0.717) is 37.6 Å². The number of hydrogen-bond acceptors (Lipinski definition) is 5. The van der Waals surface area contributed by atoms with Gasteiger partial charge in [0.25, 0.3) is 0 Å². The van der Waals surface area contributed by atoms with E-state index in [1.165, 1.54) is 4.57 Å². The van der Waals surface area contributed by atoms with Gasteiger partial charge in [-0.3, -0.25) is 9.36 Å². The maximum absolute atomic E-state index is 12.7. The van der Waals surface area contributed by atoms with E-state index in [9.17, 15) is 9.59 Å². The fourth-order valence-electron chi connectivity index (χ4n) is 3.09. The topological polar surface area (TPSA) is 70.0 Å². The summed E-state index contributed by atoms with van der Waals surface area (Å²) in [5.74, 6) is 0.689. The van der Waals surface area contributed by atoms with Crippen LogP contribution in [0.1, 0.15) is 26.3 Å². The van der Waals surface area contributed by atoms with Gasteiger partial charge in [-0.25, -0.2) is 4.79 Å². The van der Waals surface area contributed by atoms with Gasteiger partial charge >= 0.3 is 6.09 Å². The highest BCUT2D eigenvalue weighted by Crippen LogP contribution is 2.28. The average molecular weight is 374 g/mol. The second kappa shape index (κ2) is 7.60. The molecule has 0 radical (unpaired) electrons. The van der Waals surface area contributed by atoms with Crippen LogP contribution in [0.5, 0.6) is 5.75 Å². The number of amides is 1. The van der Waals surface area contributed by atoms with E-state index in [-0.39, 0.29) is 12.3 Å². The molecule has 0 spiro atoms. The van der Waals surface area contributed by atoms with E-state index < -0.39 is 11.7 Å². The third-order valence-corrected chi connectivity index (χ3v) is 4.39. The highest BCUT2D eigenvalue weighted by molar-refractivity contribution is 5.95. The molecule has 2 aromatic rings. The summed E-state index contributed by atoms with van der Waals surface area (Å²) in [5, 5.41) is 0.807. The number of fused-ring (bicyclic) bond motifs is 1. The molecule has 1 amide bonds. The van der Waals surface area contributed by atoms with Crippen molar-refractivity contribution >= 4 is 22.9 Å². The van der Waals surface area contributed by atoms with Gasteiger partial charge in [-0.15, -0.1) is 0 Å². The summed E-state index contributed by atoms with van der Waals surface area (Å²) < 4.78 is 17.6. The van der Waals surface area contributed by atoms with E-state index in [4.69, 9.17) is 14.2 Å². The van der Waals surface area contributed by atoms with E-state index in [1.807, 2.05) is 26.8 Å². The summed E-state index contributed by atoms with van der Waals surface area (Å²) >= 11 is 0. The van der Waals surface area contributed by atoms with Crippen LogP contribution in [0.4, 0.5) is 4.79 Å². The van der Waals surface area contributed by atoms with Crippen LogP contribution in [0.2, 0.25) is 0 Å². The molecule has 1 aliphatic rings. The van der Waals surface area contributed by atoms with Gasteiger partial charge in [-0.05, 0) is 44.5 Å². The zero-order valence-electron chi connectivity index (χ0n) is 16.3. The molecule has 3 rings (SSSR count). The first-order valence-electron chi connectivity index (χ1n) is 9.05. The van der Waals surface area contributed by atoms with Gasteiger partial charge in [0.05, 0.1) is 32.3 Å². The number of ether oxygens (including phenoxy) is 3. The first-order chi connectivity index (χ1) is 12.8. The lowest BCUT2D eigenvalue weighted by Gasteiger charge is -2.26. The van der Waals surface area contributed by atoms with Crippen LogP contribution in [0.25, 0.3) is 10.9 Å². The molecule has 1 aromatic heterocycles. The van der Waals surface area contributed by atoms with E-state index in [1.54, 1.807) is 30.3 Å². The van der Waals surface area contributed by atoms with Gasteiger partial charge in [-0.2, -0.15) is 0 Å². The highest BCUT2D eigenvalue weighted by Gasteiger charge is 2.23. The standard InChI is InChI=1S/C20H26N2O5/c1-20(2,3)27-19(24)22-13-14(11-18(23)21-7-9-26-10-8-21)16-12-15(25-4)5-6-17(16)22/h5-6,12-13H,7-11H2,1-4H3. The van der Waals surface area contributed by atoms with Gasteiger partial charge in [0.15, 0.2) is 0 Å². The van der Waals surface area contributed by atoms with Crippen molar-refractivity contribution in [1.82, 2.24) is 9.47 Å². The van der Waals surface area contributed by atoms with Crippen LogP contribution in [0.3, 0.4) is 0 Å². The molecule has 0 atom stereocenters. The Morgan fingerprint density at radius 1 is 1.19 bits per heavy atom. The number of nitrogens with zero attached hydrogens (tertiary/aromatic N) is 2. The Morgan fingerprint density at radius 2 is 1.89 bits per heavy atom. The molecule has 2 heterocycles. The molecule has 1 aromatic carbocycles. The lowest BCUT2D eigenvalue weighted by molar-refractivity contribution is -0.134. The molecule has 1 saturated heterocycles. The van der Waals surface area contributed by atoms with Crippen molar-refractivity contribution in [2.45, 2.75) is 32.8 Å². The summed E-state index contributed by atoms with van der Waals surface area (Å²) in [6.07, 6.45) is 1.43. The number of rotatable bonds is 3. The molecule has 1 fully saturated rings. The summed E-state index contributed by atoms with van der Waals surface area (Å²) in [7, 11) is 1.59. The van der Waals surface area contributed by atoms with Crippen LogP contribution in [0.15, 0.2) is 24.4 Å². The highest BCUT2D eigenvalue weighted by atomic mass is 16.6. The molecule has 0 saturated carbocycles. The second-order valence-corrected chi connectivity index (χ2v) is 7.56. The Labute approximate surface area is 158 Å². The number of carbonyl (C=O) groups excluding carboxylic acids is 2. The number of aromatic nitrogens is 1. The normalized spacial score (nSPS) is 15.0. The van der Waals surface area contributed by atoms with Crippen molar-refractivity contribution < 1.29 is 23.8 Å². The van der Waals surface area contributed by atoms with Crippen LogP contribution < -0.4 is 4.74 Å². The van der Waals surface area contributed by atoms with E-state index >= 15 is 0 Å². The van der Waals surface area contributed by atoms with Crippen LogP contribution in [0, 0.1) is 0 Å². The third kappa shape index (κ3) is 4.42. The van der Waals surface area contributed by atoms with Gasteiger partial charge in [0, 0.05) is 24.7 Å². The molecular weight excluding hydrogens is 348 g/mol. The molecule has 0 aliphatic carbocycles.